The highest BCUT2D eigenvalue weighted by Gasteiger charge is 2.30. The molecule has 1 N–H and O–H groups in total. The number of aliphatic hydroxyl groups is 1. The van der Waals surface area contributed by atoms with E-state index in [9.17, 15) is 23.1 Å². The topological polar surface area (TPSA) is 46.5 Å². The minimum Gasteiger partial charge on any atom is -0.463 e. The van der Waals surface area contributed by atoms with Crippen LogP contribution in [0.25, 0.3) is 0 Å². The normalized spacial score (nSPS) is 12.9. The van der Waals surface area contributed by atoms with Gasteiger partial charge in [-0.05, 0) is 24.6 Å². The van der Waals surface area contributed by atoms with Crippen molar-refractivity contribution < 1.29 is 27.8 Å². The molecule has 6 heteroatoms. The molecule has 0 radical (unpaired) electrons. The molecule has 1 aromatic rings. The Morgan fingerprint density at radius 3 is 2.32 bits per heavy atom. The van der Waals surface area contributed by atoms with E-state index in [-0.39, 0.29) is 17.7 Å². The zero-order chi connectivity index (χ0) is 14.6. The third kappa shape index (κ3) is 3.82. The van der Waals surface area contributed by atoms with Gasteiger partial charge in [0.2, 0.25) is 0 Å². The van der Waals surface area contributed by atoms with Crippen molar-refractivity contribution >= 4 is 5.97 Å². The van der Waals surface area contributed by atoms with Gasteiger partial charge in [0.1, 0.15) is 6.10 Å². The van der Waals surface area contributed by atoms with Gasteiger partial charge < -0.3 is 9.84 Å². The van der Waals surface area contributed by atoms with Gasteiger partial charge in [0.25, 0.3) is 0 Å². The van der Waals surface area contributed by atoms with Crippen molar-refractivity contribution in [3.05, 3.63) is 47.5 Å². The van der Waals surface area contributed by atoms with Gasteiger partial charge in [-0.25, -0.2) is 4.79 Å². The molecule has 1 rings (SSSR count). The van der Waals surface area contributed by atoms with Gasteiger partial charge in [0.15, 0.2) is 0 Å². The number of ether oxygens (including phenoxy) is 1. The number of halogens is 3. The van der Waals surface area contributed by atoms with Crippen molar-refractivity contribution in [3.8, 4) is 0 Å². The third-order valence-corrected chi connectivity index (χ3v) is 2.42. The van der Waals surface area contributed by atoms with Crippen LogP contribution in [0.4, 0.5) is 13.2 Å². The summed E-state index contributed by atoms with van der Waals surface area (Å²) in [6.07, 6.45) is -5.83. The summed E-state index contributed by atoms with van der Waals surface area (Å²) in [5, 5.41) is 9.80. The monoisotopic (exact) mass is 274 g/mol. The van der Waals surface area contributed by atoms with Gasteiger partial charge in [0.05, 0.1) is 17.7 Å². The van der Waals surface area contributed by atoms with Gasteiger partial charge in [-0.15, -0.1) is 0 Å². The molecule has 0 saturated heterocycles. The molecule has 104 valence electrons. The van der Waals surface area contributed by atoms with Crippen LogP contribution in [0.5, 0.6) is 0 Å². The van der Waals surface area contributed by atoms with Crippen LogP contribution in [-0.2, 0) is 15.7 Å². The van der Waals surface area contributed by atoms with E-state index in [2.05, 4.69) is 11.3 Å². The summed E-state index contributed by atoms with van der Waals surface area (Å²) < 4.78 is 41.7. The van der Waals surface area contributed by atoms with Gasteiger partial charge in [0, 0.05) is 0 Å². The Hall–Kier alpha value is -1.82. The van der Waals surface area contributed by atoms with Crippen molar-refractivity contribution in [1.82, 2.24) is 0 Å². The van der Waals surface area contributed by atoms with Crippen LogP contribution >= 0.6 is 0 Å². The SMILES string of the molecule is C=C(C(=O)OCC)C(O)c1ccc(C(F)(F)F)cc1. The summed E-state index contributed by atoms with van der Waals surface area (Å²) in [5.74, 6) is -0.783. The molecule has 1 aromatic carbocycles. The number of benzene rings is 1. The molecule has 0 amide bonds. The van der Waals surface area contributed by atoms with Gasteiger partial charge in [-0.1, -0.05) is 18.7 Å². The fourth-order valence-electron chi connectivity index (χ4n) is 1.39. The van der Waals surface area contributed by atoms with E-state index in [4.69, 9.17) is 0 Å². The molecule has 19 heavy (non-hydrogen) atoms. The summed E-state index contributed by atoms with van der Waals surface area (Å²) in [5.41, 5.74) is -0.905. The lowest BCUT2D eigenvalue weighted by atomic mass is 10.0. The Bertz CT molecular complexity index is 463. The van der Waals surface area contributed by atoms with Crippen LogP contribution in [0.1, 0.15) is 24.2 Å². The first-order chi connectivity index (χ1) is 8.77. The molecule has 0 fully saturated rings. The lowest BCUT2D eigenvalue weighted by molar-refractivity contribution is -0.140. The number of alkyl halides is 3. The lowest BCUT2D eigenvalue weighted by Crippen LogP contribution is -2.14. The molecule has 0 aliphatic heterocycles. The van der Waals surface area contributed by atoms with Crippen LogP contribution in [-0.4, -0.2) is 17.7 Å². The number of hydrogen-bond donors (Lipinski definition) is 1. The minimum atomic E-state index is -4.44. The van der Waals surface area contributed by atoms with E-state index >= 15 is 0 Å². The van der Waals surface area contributed by atoms with Crippen molar-refractivity contribution in [2.75, 3.05) is 6.61 Å². The highest BCUT2D eigenvalue weighted by Crippen LogP contribution is 2.30. The predicted octanol–water partition coefficient (Wildman–Crippen LogP) is 2.86. The van der Waals surface area contributed by atoms with Gasteiger partial charge in [-0.2, -0.15) is 13.2 Å². The maximum atomic E-state index is 12.4. The number of aliphatic hydroxyl groups excluding tert-OH is 1. The fraction of sp³-hybridized carbons (Fsp3) is 0.308. The molecule has 3 nitrogen and oxygen atoms in total. The third-order valence-electron chi connectivity index (χ3n) is 2.42. The summed E-state index contributed by atoms with van der Waals surface area (Å²) in [6.45, 7) is 5.09. The average Bonchev–Trinajstić information content (AvgIpc) is 2.36. The molecule has 1 unspecified atom stereocenters. The molecule has 1 atom stereocenters. The van der Waals surface area contributed by atoms with Crippen LogP contribution in [0.3, 0.4) is 0 Å². The maximum absolute atomic E-state index is 12.4. The summed E-state index contributed by atoms with van der Waals surface area (Å²) in [6, 6.07) is 3.85. The van der Waals surface area contributed by atoms with Crippen LogP contribution < -0.4 is 0 Å². The van der Waals surface area contributed by atoms with Crippen molar-refractivity contribution in [1.29, 1.82) is 0 Å². The molecule has 0 aliphatic carbocycles. The first-order valence-electron chi connectivity index (χ1n) is 5.48. The molecular formula is C13H13F3O3. The summed E-state index contributed by atoms with van der Waals surface area (Å²) >= 11 is 0. The maximum Gasteiger partial charge on any atom is 0.416 e. The van der Waals surface area contributed by atoms with Crippen molar-refractivity contribution in [2.24, 2.45) is 0 Å². The van der Waals surface area contributed by atoms with Crippen molar-refractivity contribution in [3.63, 3.8) is 0 Å². The van der Waals surface area contributed by atoms with E-state index in [0.717, 1.165) is 24.3 Å². The second-order valence-electron chi connectivity index (χ2n) is 3.77. The molecule has 0 aliphatic rings. The van der Waals surface area contributed by atoms with Crippen molar-refractivity contribution in [2.45, 2.75) is 19.2 Å². The van der Waals surface area contributed by atoms with Crippen LogP contribution in [0.15, 0.2) is 36.4 Å². The van der Waals surface area contributed by atoms with E-state index in [1.54, 1.807) is 6.92 Å². The van der Waals surface area contributed by atoms with Crippen LogP contribution in [0, 0.1) is 0 Å². The molecule has 0 heterocycles. The molecule has 0 aromatic heterocycles. The number of esters is 1. The first-order valence-corrected chi connectivity index (χ1v) is 5.48. The molecule has 0 spiro atoms. The zero-order valence-corrected chi connectivity index (χ0v) is 10.2. The Kier molecular flexibility index (Phi) is 4.72. The highest BCUT2D eigenvalue weighted by atomic mass is 19.4. The Labute approximate surface area is 108 Å². The zero-order valence-electron chi connectivity index (χ0n) is 10.2. The largest absolute Gasteiger partial charge is 0.463 e. The fourth-order valence-corrected chi connectivity index (χ4v) is 1.39. The van der Waals surface area contributed by atoms with Gasteiger partial charge in [-0.3, -0.25) is 0 Å². The second-order valence-corrected chi connectivity index (χ2v) is 3.77. The summed E-state index contributed by atoms with van der Waals surface area (Å²) in [4.78, 5) is 11.3. The van der Waals surface area contributed by atoms with E-state index in [0.29, 0.717) is 0 Å². The van der Waals surface area contributed by atoms with E-state index < -0.39 is 23.8 Å². The summed E-state index contributed by atoms with van der Waals surface area (Å²) in [7, 11) is 0. The highest BCUT2D eigenvalue weighted by molar-refractivity contribution is 5.89. The second kappa shape index (κ2) is 5.88. The predicted molar refractivity (Wildman–Crippen MR) is 62.2 cm³/mol. The van der Waals surface area contributed by atoms with Crippen LogP contribution in [0.2, 0.25) is 0 Å². The number of carbonyl (C=O) groups is 1. The smallest absolute Gasteiger partial charge is 0.416 e. The minimum absolute atomic E-state index is 0.123. The quantitative estimate of drug-likeness (QED) is 0.678. The van der Waals surface area contributed by atoms with Gasteiger partial charge >= 0.3 is 12.1 Å². The molecule has 0 bridgehead atoms. The van der Waals surface area contributed by atoms with E-state index in [1.807, 2.05) is 0 Å². The number of hydrogen-bond acceptors (Lipinski definition) is 3. The molecular weight excluding hydrogens is 261 g/mol. The number of rotatable bonds is 4. The standard InChI is InChI=1S/C13H13F3O3/c1-3-19-12(18)8(2)11(17)9-4-6-10(7-5-9)13(14,15)16/h4-7,11,17H,2-3H2,1H3. The number of carbonyl (C=O) groups excluding carboxylic acids is 1. The average molecular weight is 274 g/mol. The Morgan fingerprint density at radius 1 is 1.37 bits per heavy atom. The molecule has 0 saturated carbocycles. The lowest BCUT2D eigenvalue weighted by Gasteiger charge is -2.14. The Morgan fingerprint density at radius 2 is 1.89 bits per heavy atom. The first kappa shape index (κ1) is 15.2. The van der Waals surface area contributed by atoms with E-state index in [1.165, 1.54) is 0 Å². The Balaban J connectivity index is 2.86.